The molecule has 1 aliphatic rings. The van der Waals surface area contributed by atoms with Crippen molar-refractivity contribution in [2.45, 2.75) is 45.6 Å². The SMILES string of the molecule is Cc1cc(NCC(=O)N[C@@H]2CCCC[C@H]2C)ccc1-n1cnnn1. The molecule has 7 heteroatoms. The predicted octanol–water partition coefficient (Wildman–Crippen LogP) is 2.08. The highest BCUT2D eigenvalue weighted by atomic mass is 16.2. The first kappa shape index (κ1) is 16.4. The molecule has 0 unspecified atom stereocenters. The highest BCUT2D eigenvalue weighted by Crippen LogP contribution is 2.23. The molecule has 1 aliphatic carbocycles. The van der Waals surface area contributed by atoms with E-state index in [-0.39, 0.29) is 12.5 Å². The number of tetrazole rings is 1. The van der Waals surface area contributed by atoms with Crippen molar-refractivity contribution >= 4 is 11.6 Å². The second-order valence-corrected chi connectivity index (χ2v) is 6.54. The van der Waals surface area contributed by atoms with Crippen LogP contribution in [0.5, 0.6) is 0 Å². The Labute approximate surface area is 141 Å². The van der Waals surface area contributed by atoms with Gasteiger partial charge in [-0.3, -0.25) is 4.79 Å². The lowest BCUT2D eigenvalue weighted by atomic mass is 9.86. The van der Waals surface area contributed by atoms with Gasteiger partial charge in [-0.25, -0.2) is 4.68 Å². The Kier molecular flexibility index (Phi) is 5.08. The van der Waals surface area contributed by atoms with E-state index in [1.54, 1.807) is 11.0 Å². The van der Waals surface area contributed by atoms with E-state index in [0.29, 0.717) is 12.0 Å². The summed E-state index contributed by atoms with van der Waals surface area (Å²) in [7, 11) is 0. The Morgan fingerprint density at radius 3 is 2.88 bits per heavy atom. The van der Waals surface area contributed by atoms with E-state index in [1.807, 2.05) is 25.1 Å². The smallest absolute Gasteiger partial charge is 0.239 e. The van der Waals surface area contributed by atoms with Gasteiger partial charge in [-0.05, 0) is 59.9 Å². The zero-order chi connectivity index (χ0) is 16.9. The van der Waals surface area contributed by atoms with Crippen molar-refractivity contribution in [1.29, 1.82) is 0 Å². The van der Waals surface area contributed by atoms with Crippen molar-refractivity contribution < 1.29 is 4.79 Å². The molecule has 3 rings (SSSR count). The highest BCUT2D eigenvalue weighted by Gasteiger charge is 2.22. The summed E-state index contributed by atoms with van der Waals surface area (Å²) < 4.78 is 1.62. The molecule has 1 aromatic heterocycles. The van der Waals surface area contributed by atoms with Gasteiger partial charge in [-0.15, -0.1) is 5.10 Å². The molecule has 0 radical (unpaired) electrons. The normalized spacial score (nSPS) is 20.6. The zero-order valence-corrected chi connectivity index (χ0v) is 14.2. The summed E-state index contributed by atoms with van der Waals surface area (Å²) in [6.07, 6.45) is 6.34. The molecule has 1 heterocycles. The Bertz CT molecular complexity index is 684. The van der Waals surface area contributed by atoms with Crippen molar-refractivity contribution in [2.24, 2.45) is 5.92 Å². The maximum Gasteiger partial charge on any atom is 0.239 e. The van der Waals surface area contributed by atoms with Crippen LogP contribution in [-0.4, -0.2) is 38.7 Å². The maximum absolute atomic E-state index is 12.2. The number of nitrogens with one attached hydrogen (secondary N) is 2. The monoisotopic (exact) mass is 328 g/mol. The summed E-state index contributed by atoms with van der Waals surface area (Å²) in [5, 5.41) is 17.5. The number of rotatable bonds is 5. The molecule has 0 bridgehead atoms. The fourth-order valence-electron chi connectivity index (χ4n) is 3.26. The third-order valence-electron chi connectivity index (χ3n) is 4.70. The number of hydrogen-bond acceptors (Lipinski definition) is 5. The van der Waals surface area contributed by atoms with Crippen LogP contribution in [0.3, 0.4) is 0 Å². The molecular formula is C17H24N6O. The molecule has 1 aromatic carbocycles. The summed E-state index contributed by atoms with van der Waals surface area (Å²) in [5.74, 6) is 0.622. The molecule has 2 atom stereocenters. The Hall–Kier alpha value is -2.44. The number of aryl methyl sites for hydroxylation is 1. The number of amides is 1. The van der Waals surface area contributed by atoms with Crippen molar-refractivity contribution in [3.05, 3.63) is 30.1 Å². The third kappa shape index (κ3) is 3.90. The Balaban J connectivity index is 1.54. The average molecular weight is 328 g/mol. The van der Waals surface area contributed by atoms with E-state index < -0.39 is 0 Å². The number of benzene rings is 1. The molecule has 2 N–H and O–H groups in total. The summed E-state index contributed by atoms with van der Waals surface area (Å²) in [6, 6.07) is 6.18. The van der Waals surface area contributed by atoms with Crippen LogP contribution in [0.1, 0.15) is 38.2 Å². The minimum absolute atomic E-state index is 0.0518. The van der Waals surface area contributed by atoms with Gasteiger partial charge < -0.3 is 10.6 Å². The molecular weight excluding hydrogens is 304 g/mol. The van der Waals surface area contributed by atoms with Gasteiger partial charge >= 0.3 is 0 Å². The maximum atomic E-state index is 12.2. The van der Waals surface area contributed by atoms with Gasteiger partial charge in [0.25, 0.3) is 0 Å². The van der Waals surface area contributed by atoms with E-state index in [4.69, 9.17) is 0 Å². The molecule has 1 saturated carbocycles. The standard InChI is InChI=1S/C17H24N6O/c1-12-5-3-4-6-15(12)20-17(24)10-18-14-7-8-16(13(2)9-14)23-11-19-21-22-23/h7-9,11-12,15,18H,3-6,10H2,1-2H3,(H,20,24)/t12-,15-/m1/s1. The first-order valence-electron chi connectivity index (χ1n) is 8.51. The quantitative estimate of drug-likeness (QED) is 0.878. The van der Waals surface area contributed by atoms with Gasteiger partial charge in [0.05, 0.1) is 12.2 Å². The lowest BCUT2D eigenvalue weighted by Gasteiger charge is -2.29. The van der Waals surface area contributed by atoms with Crippen LogP contribution in [0.25, 0.3) is 5.69 Å². The number of carbonyl (C=O) groups excluding carboxylic acids is 1. The third-order valence-corrected chi connectivity index (χ3v) is 4.70. The van der Waals surface area contributed by atoms with E-state index in [2.05, 4.69) is 33.1 Å². The first-order valence-corrected chi connectivity index (χ1v) is 8.51. The predicted molar refractivity (Wildman–Crippen MR) is 91.9 cm³/mol. The van der Waals surface area contributed by atoms with Crippen LogP contribution in [0.4, 0.5) is 5.69 Å². The average Bonchev–Trinajstić information content (AvgIpc) is 3.09. The fraction of sp³-hybridized carbons (Fsp3) is 0.529. The topological polar surface area (TPSA) is 84.7 Å². The van der Waals surface area contributed by atoms with Gasteiger partial charge in [0.2, 0.25) is 5.91 Å². The molecule has 0 saturated heterocycles. The van der Waals surface area contributed by atoms with Gasteiger partial charge in [-0.1, -0.05) is 19.8 Å². The number of nitrogens with zero attached hydrogens (tertiary/aromatic N) is 4. The number of hydrogen-bond donors (Lipinski definition) is 2. The molecule has 24 heavy (non-hydrogen) atoms. The zero-order valence-electron chi connectivity index (χ0n) is 14.2. The minimum atomic E-state index is 0.0518. The lowest BCUT2D eigenvalue weighted by Crippen LogP contribution is -2.43. The number of carbonyl (C=O) groups is 1. The number of aromatic nitrogens is 4. The summed E-state index contributed by atoms with van der Waals surface area (Å²) >= 11 is 0. The molecule has 7 nitrogen and oxygen atoms in total. The summed E-state index contributed by atoms with van der Waals surface area (Å²) in [4.78, 5) is 12.2. The largest absolute Gasteiger partial charge is 0.376 e. The van der Waals surface area contributed by atoms with Crippen molar-refractivity contribution in [2.75, 3.05) is 11.9 Å². The van der Waals surface area contributed by atoms with Gasteiger partial charge in [0.1, 0.15) is 6.33 Å². The van der Waals surface area contributed by atoms with Crippen molar-refractivity contribution in [3.63, 3.8) is 0 Å². The van der Waals surface area contributed by atoms with Gasteiger partial charge in [-0.2, -0.15) is 0 Å². The van der Waals surface area contributed by atoms with E-state index in [1.165, 1.54) is 19.3 Å². The van der Waals surface area contributed by atoms with Crippen molar-refractivity contribution in [3.8, 4) is 5.69 Å². The first-order chi connectivity index (χ1) is 11.6. The van der Waals surface area contributed by atoms with Crippen LogP contribution < -0.4 is 10.6 Å². The fourth-order valence-corrected chi connectivity index (χ4v) is 3.26. The summed E-state index contributed by atoms with van der Waals surface area (Å²) in [5.41, 5.74) is 2.87. The van der Waals surface area contributed by atoms with E-state index in [9.17, 15) is 4.79 Å². The second-order valence-electron chi connectivity index (χ2n) is 6.54. The van der Waals surface area contributed by atoms with E-state index >= 15 is 0 Å². The Morgan fingerprint density at radius 1 is 1.33 bits per heavy atom. The lowest BCUT2D eigenvalue weighted by molar-refractivity contribution is -0.120. The molecule has 1 amide bonds. The minimum Gasteiger partial charge on any atom is -0.376 e. The molecule has 128 valence electrons. The van der Waals surface area contributed by atoms with Gasteiger partial charge in [0.15, 0.2) is 0 Å². The van der Waals surface area contributed by atoms with Crippen LogP contribution in [-0.2, 0) is 4.79 Å². The number of anilines is 1. The van der Waals surface area contributed by atoms with E-state index in [0.717, 1.165) is 23.4 Å². The molecule has 0 spiro atoms. The molecule has 1 fully saturated rings. The van der Waals surface area contributed by atoms with Crippen molar-refractivity contribution in [1.82, 2.24) is 25.5 Å². The second kappa shape index (κ2) is 7.42. The molecule has 2 aromatic rings. The Morgan fingerprint density at radius 2 is 2.17 bits per heavy atom. The van der Waals surface area contributed by atoms with Crippen LogP contribution in [0, 0.1) is 12.8 Å². The van der Waals surface area contributed by atoms with Crippen LogP contribution >= 0.6 is 0 Å². The van der Waals surface area contributed by atoms with Gasteiger partial charge in [0, 0.05) is 11.7 Å². The highest BCUT2D eigenvalue weighted by molar-refractivity contribution is 5.81. The van der Waals surface area contributed by atoms with Crippen LogP contribution in [0.2, 0.25) is 0 Å². The van der Waals surface area contributed by atoms with Crippen LogP contribution in [0.15, 0.2) is 24.5 Å². The molecule has 0 aliphatic heterocycles. The summed E-state index contributed by atoms with van der Waals surface area (Å²) in [6.45, 7) is 4.50.